The van der Waals surface area contributed by atoms with Crippen LogP contribution in [0.25, 0.3) is 10.4 Å². The molecule has 1 rings (SSSR count). The zero-order valence-corrected chi connectivity index (χ0v) is 11.9. The number of esters is 2. The van der Waals surface area contributed by atoms with E-state index < -0.39 is 30.1 Å². The van der Waals surface area contributed by atoms with Crippen molar-refractivity contribution in [3.63, 3.8) is 0 Å². The van der Waals surface area contributed by atoms with Gasteiger partial charge in [0.2, 0.25) is 5.91 Å². The van der Waals surface area contributed by atoms with E-state index in [9.17, 15) is 14.4 Å². The number of amides is 1. The van der Waals surface area contributed by atoms with E-state index in [4.69, 9.17) is 10.3 Å². The first-order valence-electron chi connectivity index (χ1n) is 6.16. The molecule has 0 aromatic rings. The number of ether oxygens (including phenoxy) is 2. The lowest BCUT2D eigenvalue weighted by atomic mass is 9.88. The Labute approximate surface area is 120 Å². The van der Waals surface area contributed by atoms with Gasteiger partial charge >= 0.3 is 11.9 Å². The normalized spacial score (nSPS) is 24.1. The van der Waals surface area contributed by atoms with Crippen molar-refractivity contribution >= 4 is 17.8 Å². The predicted octanol–water partition coefficient (Wildman–Crippen LogP) is 0.605. The molecule has 3 atom stereocenters. The molecule has 1 aliphatic rings. The Morgan fingerprint density at radius 2 is 2.10 bits per heavy atom. The van der Waals surface area contributed by atoms with Crippen LogP contribution in [0.3, 0.4) is 0 Å². The van der Waals surface area contributed by atoms with Gasteiger partial charge in [-0.05, 0) is 18.0 Å². The second kappa shape index (κ2) is 7.30. The van der Waals surface area contributed by atoms with Crippen LogP contribution in [0.2, 0.25) is 0 Å². The summed E-state index contributed by atoms with van der Waals surface area (Å²) in [5.74, 6) is -1.56. The van der Waals surface area contributed by atoms with Gasteiger partial charge in [-0.1, -0.05) is 5.11 Å². The minimum atomic E-state index is -0.912. The molecule has 9 heteroatoms. The Bertz CT molecular complexity index is 524. The molecule has 0 aliphatic heterocycles. The standard InChI is InChI=1S/C12H16N4O5/c1-6(17)14-11-9(15-16-13)4-8(12(19)20-3)5-10(11)21-7(2)18/h5,9-11H,4H2,1-3H3,(H,14,17). The van der Waals surface area contributed by atoms with E-state index in [0.29, 0.717) is 0 Å². The third-order valence-electron chi connectivity index (χ3n) is 2.88. The largest absolute Gasteiger partial charge is 0.466 e. The summed E-state index contributed by atoms with van der Waals surface area (Å²) in [4.78, 5) is 36.8. The topological polar surface area (TPSA) is 130 Å². The van der Waals surface area contributed by atoms with Gasteiger partial charge in [-0.25, -0.2) is 4.79 Å². The highest BCUT2D eigenvalue weighted by atomic mass is 16.5. The quantitative estimate of drug-likeness (QED) is 0.351. The first kappa shape index (κ1) is 16.5. The summed E-state index contributed by atoms with van der Waals surface area (Å²) >= 11 is 0. The van der Waals surface area contributed by atoms with Crippen LogP contribution >= 0.6 is 0 Å². The Morgan fingerprint density at radius 1 is 1.43 bits per heavy atom. The minimum Gasteiger partial charge on any atom is -0.466 e. The van der Waals surface area contributed by atoms with E-state index in [1.807, 2.05) is 0 Å². The zero-order valence-electron chi connectivity index (χ0n) is 11.9. The molecule has 0 saturated carbocycles. The van der Waals surface area contributed by atoms with E-state index in [1.165, 1.54) is 27.0 Å². The molecule has 0 aromatic heterocycles. The molecule has 114 valence electrons. The van der Waals surface area contributed by atoms with Crippen molar-refractivity contribution < 1.29 is 23.9 Å². The van der Waals surface area contributed by atoms with E-state index in [-0.39, 0.29) is 17.9 Å². The summed E-state index contributed by atoms with van der Waals surface area (Å²) in [6, 6.07) is -1.50. The van der Waals surface area contributed by atoms with Gasteiger partial charge in [0.1, 0.15) is 6.10 Å². The maximum atomic E-state index is 11.6. The van der Waals surface area contributed by atoms with E-state index in [0.717, 1.165) is 0 Å². The van der Waals surface area contributed by atoms with Crippen LogP contribution in [0.5, 0.6) is 0 Å². The number of carbonyl (C=O) groups excluding carboxylic acids is 3. The van der Waals surface area contributed by atoms with Crippen molar-refractivity contribution in [3.8, 4) is 0 Å². The molecule has 0 bridgehead atoms. The summed E-state index contributed by atoms with van der Waals surface area (Å²) < 4.78 is 9.70. The fourth-order valence-electron chi connectivity index (χ4n) is 2.11. The molecule has 1 amide bonds. The van der Waals surface area contributed by atoms with Crippen LogP contribution in [0.1, 0.15) is 20.3 Å². The highest BCUT2D eigenvalue weighted by molar-refractivity contribution is 5.89. The first-order valence-corrected chi connectivity index (χ1v) is 6.16. The van der Waals surface area contributed by atoms with Crippen LogP contribution in [-0.4, -0.2) is 43.1 Å². The van der Waals surface area contributed by atoms with Crippen molar-refractivity contribution in [2.45, 2.75) is 38.5 Å². The average molecular weight is 296 g/mol. The van der Waals surface area contributed by atoms with Crippen molar-refractivity contribution in [2.75, 3.05) is 7.11 Å². The third-order valence-corrected chi connectivity index (χ3v) is 2.88. The van der Waals surface area contributed by atoms with Crippen LogP contribution in [0, 0.1) is 0 Å². The van der Waals surface area contributed by atoms with Crippen LogP contribution < -0.4 is 5.32 Å². The molecule has 0 radical (unpaired) electrons. The lowest BCUT2D eigenvalue weighted by molar-refractivity contribution is -0.147. The zero-order chi connectivity index (χ0) is 16.0. The van der Waals surface area contributed by atoms with Crippen LogP contribution in [0.4, 0.5) is 0 Å². The van der Waals surface area contributed by atoms with Gasteiger partial charge in [0, 0.05) is 24.3 Å². The highest BCUT2D eigenvalue weighted by Gasteiger charge is 2.37. The molecular weight excluding hydrogens is 280 g/mol. The Hall–Kier alpha value is -2.54. The van der Waals surface area contributed by atoms with Crippen LogP contribution in [-0.2, 0) is 23.9 Å². The van der Waals surface area contributed by atoms with Crippen molar-refractivity contribution in [1.82, 2.24) is 5.32 Å². The summed E-state index contributed by atoms with van der Waals surface area (Å²) in [6.07, 6.45) is 0.571. The molecule has 0 spiro atoms. The Kier molecular flexibility index (Phi) is 5.74. The maximum absolute atomic E-state index is 11.6. The monoisotopic (exact) mass is 296 g/mol. The SMILES string of the molecule is COC(=O)C1=CC(OC(C)=O)C(NC(C)=O)C(N=[N+]=[N-])C1. The van der Waals surface area contributed by atoms with Crippen molar-refractivity contribution in [3.05, 3.63) is 22.1 Å². The molecule has 21 heavy (non-hydrogen) atoms. The Morgan fingerprint density at radius 3 is 2.57 bits per heavy atom. The Balaban J connectivity index is 3.17. The molecule has 0 heterocycles. The number of nitrogens with zero attached hydrogens (tertiary/aromatic N) is 3. The van der Waals surface area contributed by atoms with Gasteiger partial charge < -0.3 is 14.8 Å². The number of methoxy groups -OCH3 is 1. The van der Waals surface area contributed by atoms with E-state index in [2.05, 4.69) is 20.1 Å². The van der Waals surface area contributed by atoms with Gasteiger partial charge in [-0.2, -0.15) is 0 Å². The number of rotatable bonds is 4. The second-order valence-corrected chi connectivity index (χ2v) is 4.46. The lowest BCUT2D eigenvalue weighted by Gasteiger charge is -2.33. The number of hydrogen-bond acceptors (Lipinski definition) is 6. The predicted molar refractivity (Wildman–Crippen MR) is 70.8 cm³/mol. The van der Waals surface area contributed by atoms with Gasteiger partial charge in [0.05, 0.1) is 19.2 Å². The van der Waals surface area contributed by atoms with Gasteiger partial charge in [0.25, 0.3) is 0 Å². The highest BCUT2D eigenvalue weighted by Crippen LogP contribution is 2.25. The third kappa shape index (κ3) is 4.50. The van der Waals surface area contributed by atoms with Crippen LogP contribution in [0.15, 0.2) is 16.8 Å². The molecule has 3 unspecified atom stereocenters. The molecule has 0 fully saturated rings. The number of azide groups is 1. The summed E-state index contributed by atoms with van der Waals surface area (Å²) in [5.41, 5.74) is 8.85. The summed E-state index contributed by atoms with van der Waals surface area (Å²) in [5, 5.41) is 6.14. The fourth-order valence-corrected chi connectivity index (χ4v) is 2.11. The van der Waals surface area contributed by atoms with Crippen molar-refractivity contribution in [1.29, 1.82) is 0 Å². The molecule has 0 aromatic carbocycles. The second-order valence-electron chi connectivity index (χ2n) is 4.46. The maximum Gasteiger partial charge on any atom is 0.333 e. The molecule has 1 aliphatic carbocycles. The number of nitrogens with one attached hydrogen (secondary N) is 1. The van der Waals surface area contributed by atoms with Gasteiger partial charge in [-0.15, -0.1) is 0 Å². The lowest BCUT2D eigenvalue weighted by Crippen LogP contribution is -2.52. The number of hydrogen-bond donors (Lipinski definition) is 1. The van der Waals surface area contributed by atoms with Gasteiger partial charge in [-0.3, -0.25) is 9.59 Å². The molecule has 0 saturated heterocycles. The van der Waals surface area contributed by atoms with Gasteiger partial charge in [0.15, 0.2) is 0 Å². The number of carbonyl (C=O) groups is 3. The van der Waals surface area contributed by atoms with Crippen molar-refractivity contribution in [2.24, 2.45) is 5.11 Å². The molecule has 1 N–H and O–H groups in total. The first-order chi connectivity index (χ1) is 9.88. The summed E-state index contributed by atoms with van der Waals surface area (Å²) in [6.45, 7) is 2.49. The van der Waals surface area contributed by atoms with E-state index in [1.54, 1.807) is 0 Å². The van der Waals surface area contributed by atoms with E-state index >= 15 is 0 Å². The minimum absolute atomic E-state index is 0.0828. The molecular formula is C12H16N4O5. The smallest absolute Gasteiger partial charge is 0.333 e. The molecule has 9 nitrogen and oxygen atoms in total. The average Bonchev–Trinajstić information content (AvgIpc) is 2.40. The summed E-state index contributed by atoms with van der Waals surface area (Å²) in [7, 11) is 1.21. The fraction of sp³-hybridized carbons (Fsp3) is 0.583.